The smallest absolute Gasteiger partial charge is 0.349 e. The summed E-state index contributed by atoms with van der Waals surface area (Å²) in [6, 6.07) is 4.06. The summed E-state index contributed by atoms with van der Waals surface area (Å²) in [5.41, 5.74) is 2.48. The average molecular weight is 397 g/mol. The number of rotatable bonds is 5. The van der Waals surface area contributed by atoms with E-state index in [-0.39, 0.29) is 23.5 Å². The predicted octanol–water partition coefficient (Wildman–Crippen LogP) is 1.04. The fourth-order valence-electron chi connectivity index (χ4n) is 4.05. The van der Waals surface area contributed by atoms with Gasteiger partial charge in [0, 0.05) is 19.1 Å². The van der Waals surface area contributed by atoms with Gasteiger partial charge >= 0.3 is 11.7 Å². The molecule has 3 aliphatic rings. The van der Waals surface area contributed by atoms with E-state index in [2.05, 4.69) is 20.3 Å². The first-order chi connectivity index (χ1) is 13.8. The molecule has 2 heterocycles. The summed E-state index contributed by atoms with van der Waals surface area (Å²) in [4.78, 5) is 45.9. The normalized spacial score (nSPS) is 19.2. The minimum absolute atomic E-state index is 0.132. The number of fused-ring (bicyclic) bond motifs is 2. The van der Waals surface area contributed by atoms with Crippen molar-refractivity contribution >= 4 is 17.0 Å². The summed E-state index contributed by atoms with van der Waals surface area (Å²) in [7, 11) is 0. The van der Waals surface area contributed by atoms with Crippen LogP contribution < -0.4 is 16.6 Å². The number of benzene rings is 1. The zero-order valence-electron chi connectivity index (χ0n) is 16.4. The maximum absolute atomic E-state index is 12.3. The third-order valence-corrected chi connectivity index (χ3v) is 5.77. The van der Waals surface area contributed by atoms with Gasteiger partial charge in [0.05, 0.1) is 17.0 Å². The quantitative estimate of drug-likeness (QED) is 0.549. The zero-order valence-corrected chi connectivity index (χ0v) is 16.4. The Hall–Kier alpha value is -3.07. The van der Waals surface area contributed by atoms with Crippen LogP contribution in [0.5, 0.6) is 0 Å². The Morgan fingerprint density at radius 2 is 2.00 bits per heavy atom. The first-order valence-corrected chi connectivity index (χ1v) is 9.71. The van der Waals surface area contributed by atoms with Crippen molar-refractivity contribution < 1.29 is 9.90 Å². The summed E-state index contributed by atoms with van der Waals surface area (Å²) >= 11 is 0. The summed E-state index contributed by atoms with van der Waals surface area (Å²) < 4.78 is 1.84. The number of nitrogens with zero attached hydrogens (tertiary/aromatic N) is 3. The Bertz CT molecular complexity index is 1180. The summed E-state index contributed by atoms with van der Waals surface area (Å²) in [6.07, 6.45) is 2.11. The number of carboxylic acids is 1. The van der Waals surface area contributed by atoms with Crippen molar-refractivity contribution in [2.75, 3.05) is 6.54 Å². The van der Waals surface area contributed by atoms with Crippen LogP contribution in [-0.2, 0) is 11.3 Å². The van der Waals surface area contributed by atoms with Crippen LogP contribution in [0.1, 0.15) is 30.4 Å². The first-order valence-electron chi connectivity index (χ1n) is 9.71. The standard InChI is InChI=1S/C20H23N5O4/c1-10-7-14-15(8-11(10)2)25(17-16(22-14)18(26)24-20(29)23-17)6-5-21-13-4-3-12(9-13)19(27)28/h7-8,12-13,21H,3-6,9H2,1-2H3,(H,27,28)(H,24,26,29)/t12-,13?/m1/s1. The number of aliphatic carboxylic acids is 1. The number of aromatic nitrogens is 4. The molecule has 0 aromatic heterocycles. The van der Waals surface area contributed by atoms with Crippen molar-refractivity contribution in [2.24, 2.45) is 5.92 Å². The number of aromatic amines is 1. The highest BCUT2D eigenvalue weighted by molar-refractivity contribution is 5.81. The van der Waals surface area contributed by atoms with Gasteiger partial charge in [0.15, 0.2) is 11.5 Å². The molecule has 1 aliphatic carbocycles. The lowest BCUT2D eigenvalue weighted by Crippen LogP contribution is -2.33. The van der Waals surface area contributed by atoms with E-state index >= 15 is 0 Å². The SMILES string of the molecule is Cc1cc2nc3c(=O)[nH]c(=O)nc-3n(CCNC3CC[C@@H](C(=O)O)C3)c2cc1C. The van der Waals surface area contributed by atoms with E-state index in [1.54, 1.807) is 0 Å². The zero-order chi connectivity index (χ0) is 20.7. The molecule has 3 N–H and O–H groups in total. The summed E-state index contributed by atoms with van der Waals surface area (Å²) in [5.74, 6) is -0.783. The van der Waals surface area contributed by atoms with E-state index in [1.807, 2.05) is 30.5 Å². The molecule has 0 radical (unpaired) electrons. The van der Waals surface area contributed by atoms with E-state index in [1.165, 1.54) is 0 Å². The number of H-pyrrole nitrogens is 1. The molecule has 4 rings (SSSR count). The van der Waals surface area contributed by atoms with Crippen molar-refractivity contribution in [3.8, 4) is 11.5 Å². The van der Waals surface area contributed by atoms with E-state index in [4.69, 9.17) is 5.11 Å². The van der Waals surface area contributed by atoms with E-state index in [0.29, 0.717) is 31.4 Å². The van der Waals surface area contributed by atoms with Gasteiger partial charge in [-0.1, -0.05) is 0 Å². The Morgan fingerprint density at radius 1 is 1.24 bits per heavy atom. The summed E-state index contributed by atoms with van der Waals surface area (Å²) in [6.45, 7) is 5.01. The second kappa shape index (κ2) is 7.40. The lowest BCUT2D eigenvalue weighted by Gasteiger charge is -2.19. The van der Waals surface area contributed by atoms with Gasteiger partial charge in [0.1, 0.15) is 0 Å². The average Bonchev–Trinajstić information content (AvgIpc) is 3.13. The van der Waals surface area contributed by atoms with Gasteiger partial charge in [-0.15, -0.1) is 0 Å². The van der Waals surface area contributed by atoms with Gasteiger partial charge in [-0.25, -0.2) is 9.78 Å². The van der Waals surface area contributed by atoms with Crippen LogP contribution in [0.2, 0.25) is 0 Å². The minimum Gasteiger partial charge on any atom is -0.481 e. The molecule has 2 atom stereocenters. The van der Waals surface area contributed by atoms with Crippen molar-refractivity contribution in [1.82, 2.24) is 24.8 Å². The molecule has 0 spiro atoms. The van der Waals surface area contributed by atoms with Crippen LogP contribution in [0.3, 0.4) is 0 Å². The van der Waals surface area contributed by atoms with Crippen LogP contribution in [0.4, 0.5) is 0 Å². The predicted molar refractivity (Wildman–Crippen MR) is 107 cm³/mol. The number of hydrogen-bond donors (Lipinski definition) is 3. The lowest BCUT2D eigenvalue weighted by atomic mass is 10.1. The molecular formula is C20H23N5O4. The molecule has 1 saturated carbocycles. The number of carboxylic acid groups (broad SMARTS) is 1. The maximum atomic E-state index is 12.3. The van der Waals surface area contributed by atoms with Gasteiger partial charge in [-0.3, -0.25) is 14.6 Å². The largest absolute Gasteiger partial charge is 0.481 e. The second-order valence-electron chi connectivity index (χ2n) is 7.73. The monoisotopic (exact) mass is 397 g/mol. The highest BCUT2D eigenvalue weighted by Crippen LogP contribution is 2.26. The summed E-state index contributed by atoms with van der Waals surface area (Å²) in [5, 5.41) is 12.6. The molecule has 1 aromatic rings. The first kappa shape index (κ1) is 19.3. The number of carbonyl (C=O) groups is 1. The molecule has 1 fully saturated rings. The maximum Gasteiger partial charge on any atom is 0.349 e. The van der Waals surface area contributed by atoms with Gasteiger partial charge < -0.3 is 15.0 Å². The second-order valence-corrected chi connectivity index (χ2v) is 7.73. The molecule has 152 valence electrons. The Morgan fingerprint density at radius 3 is 2.72 bits per heavy atom. The molecule has 1 aromatic carbocycles. The van der Waals surface area contributed by atoms with Crippen LogP contribution in [0.25, 0.3) is 22.6 Å². The van der Waals surface area contributed by atoms with E-state index in [9.17, 15) is 14.4 Å². The van der Waals surface area contributed by atoms with Gasteiger partial charge in [-0.05, 0) is 56.4 Å². The van der Waals surface area contributed by atoms with E-state index in [0.717, 1.165) is 23.1 Å². The Labute approximate surface area is 166 Å². The highest BCUT2D eigenvalue weighted by atomic mass is 16.4. The van der Waals surface area contributed by atoms with Crippen molar-refractivity contribution in [2.45, 2.75) is 45.7 Å². The fourth-order valence-corrected chi connectivity index (χ4v) is 4.05. The minimum atomic E-state index is -0.743. The van der Waals surface area contributed by atoms with Gasteiger partial charge in [-0.2, -0.15) is 4.98 Å². The third-order valence-electron chi connectivity index (χ3n) is 5.77. The third kappa shape index (κ3) is 3.65. The molecule has 0 bridgehead atoms. The highest BCUT2D eigenvalue weighted by Gasteiger charge is 2.29. The molecule has 0 saturated heterocycles. The molecule has 29 heavy (non-hydrogen) atoms. The molecule has 1 unspecified atom stereocenters. The van der Waals surface area contributed by atoms with Crippen LogP contribution in [0, 0.1) is 19.8 Å². The van der Waals surface area contributed by atoms with Crippen LogP contribution >= 0.6 is 0 Å². The molecule has 9 heteroatoms. The Balaban J connectivity index is 1.69. The van der Waals surface area contributed by atoms with E-state index < -0.39 is 17.2 Å². The van der Waals surface area contributed by atoms with Gasteiger partial charge in [0.2, 0.25) is 0 Å². The molecular weight excluding hydrogens is 374 g/mol. The van der Waals surface area contributed by atoms with Crippen LogP contribution in [0.15, 0.2) is 21.7 Å². The van der Waals surface area contributed by atoms with Crippen LogP contribution in [-0.4, -0.2) is 43.2 Å². The Kier molecular flexibility index (Phi) is 4.91. The van der Waals surface area contributed by atoms with Crippen molar-refractivity contribution in [3.63, 3.8) is 0 Å². The molecule has 9 nitrogen and oxygen atoms in total. The van der Waals surface area contributed by atoms with Gasteiger partial charge in [0.25, 0.3) is 5.56 Å². The fraction of sp³-hybridized carbons (Fsp3) is 0.450. The topological polar surface area (TPSA) is 130 Å². The molecule has 0 amide bonds. The number of hydrogen-bond acceptors (Lipinski definition) is 6. The number of aryl methyl sites for hydroxylation is 2. The van der Waals surface area contributed by atoms with Crippen molar-refractivity contribution in [1.29, 1.82) is 0 Å². The number of nitrogens with one attached hydrogen (secondary N) is 2. The molecule has 2 aliphatic heterocycles. The lowest BCUT2D eigenvalue weighted by molar-refractivity contribution is -0.141. The van der Waals surface area contributed by atoms with Crippen molar-refractivity contribution in [3.05, 3.63) is 44.1 Å².